The molecule has 5 nitrogen and oxygen atoms in total. The summed E-state index contributed by atoms with van der Waals surface area (Å²) in [6.45, 7) is 2.60. The average molecular weight is 324 g/mol. The van der Waals surface area contributed by atoms with Gasteiger partial charge in [-0.15, -0.1) is 11.3 Å². The first kappa shape index (κ1) is 14.2. The van der Waals surface area contributed by atoms with Crippen LogP contribution >= 0.6 is 11.3 Å². The number of anilines is 2. The number of carbonyl (C=O) groups excluding carboxylic acids is 1. The maximum Gasteiger partial charge on any atom is 0.227 e. The number of carbonyl (C=O) groups is 1. The van der Waals surface area contributed by atoms with Gasteiger partial charge in [0.2, 0.25) is 5.91 Å². The van der Waals surface area contributed by atoms with E-state index in [1.54, 1.807) is 23.5 Å². The van der Waals surface area contributed by atoms with Crippen LogP contribution in [0.15, 0.2) is 35.8 Å². The summed E-state index contributed by atoms with van der Waals surface area (Å²) in [6, 6.07) is 9.37. The second-order valence-electron chi connectivity index (χ2n) is 6.30. The van der Waals surface area contributed by atoms with Crippen LogP contribution in [0.5, 0.6) is 0 Å². The smallest absolute Gasteiger partial charge is 0.227 e. The molecule has 1 atom stereocenters. The molecule has 2 aliphatic rings. The van der Waals surface area contributed by atoms with Crippen LogP contribution in [0.2, 0.25) is 0 Å². The molecule has 0 radical (unpaired) electrons. The third-order valence-electron chi connectivity index (χ3n) is 4.76. The molecule has 116 valence electrons. The molecular weight excluding hydrogens is 308 g/mol. The molecule has 3 heterocycles. The zero-order valence-corrected chi connectivity index (χ0v) is 13.4. The summed E-state index contributed by atoms with van der Waals surface area (Å²) in [6.07, 6.45) is 3.44. The van der Waals surface area contributed by atoms with Crippen LogP contribution in [-0.4, -0.2) is 30.5 Å². The lowest BCUT2D eigenvalue weighted by Crippen LogP contribution is -2.31. The average Bonchev–Trinajstić information content (AvgIpc) is 3.29. The monoisotopic (exact) mass is 324 g/mol. The number of hydrogen-bond acceptors (Lipinski definition) is 5. The van der Waals surface area contributed by atoms with Gasteiger partial charge in [0.15, 0.2) is 5.13 Å². The van der Waals surface area contributed by atoms with Crippen molar-refractivity contribution < 1.29 is 4.79 Å². The molecule has 1 spiro atoms. The fraction of sp³-hybridized carbons (Fsp3) is 0.353. The maximum absolute atomic E-state index is 12.5. The molecule has 0 unspecified atom stereocenters. The molecule has 23 heavy (non-hydrogen) atoms. The summed E-state index contributed by atoms with van der Waals surface area (Å²) >= 11 is 1.65. The first-order valence-electron chi connectivity index (χ1n) is 7.64. The fourth-order valence-corrected chi connectivity index (χ4v) is 4.26. The molecule has 4 rings (SSSR count). The van der Waals surface area contributed by atoms with Gasteiger partial charge >= 0.3 is 0 Å². The normalized spacial score (nSPS) is 23.7. The SMILES string of the molecule is N#Cc1ccc(N2C[C@@]3(CCN(c4nccs4)C3)CC2=O)cc1. The van der Waals surface area contributed by atoms with Crippen LogP contribution in [0.25, 0.3) is 0 Å². The lowest BCUT2D eigenvalue weighted by atomic mass is 9.86. The molecule has 2 aromatic rings. The highest BCUT2D eigenvalue weighted by Gasteiger charge is 2.48. The van der Waals surface area contributed by atoms with Crippen molar-refractivity contribution in [3.63, 3.8) is 0 Å². The van der Waals surface area contributed by atoms with Crippen molar-refractivity contribution in [2.24, 2.45) is 5.41 Å². The maximum atomic E-state index is 12.5. The first-order valence-corrected chi connectivity index (χ1v) is 8.52. The van der Waals surface area contributed by atoms with Gasteiger partial charge in [-0.05, 0) is 30.7 Å². The summed E-state index contributed by atoms with van der Waals surface area (Å²) in [5.74, 6) is 0.177. The topological polar surface area (TPSA) is 60.2 Å². The Kier molecular flexibility index (Phi) is 3.31. The van der Waals surface area contributed by atoms with Crippen molar-refractivity contribution in [2.75, 3.05) is 29.4 Å². The van der Waals surface area contributed by atoms with Gasteiger partial charge in [-0.2, -0.15) is 5.26 Å². The number of aromatic nitrogens is 1. The van der Waals surface area contributed by atoms with Crippen molar-refractivity contribution in [2.45, 2.75) is 12.8 Å². The van der Waals surface area contributed by atoms with Crippen LogP contribution in [0, 0.1) is 16.7 Å². The molecule has 2 saturated heterocycles. The Labute approximate surface area is 138 Å². The highest BCUT2D eigenvalue weighted by Crippen LogP contribution is 2.43. The van der Waals surface area contributed by atoms with E-state index in [1.165, 1.54) is 0 Å². The van der Waals surface area contributed by atoms with E-state index in [2.05, 4.69) is 16.0 Å². The van der Waals surface area contributed by atoms with E-state index < -0.39 is 0 Å². The summed E-state index contributed by atoms with van der Waals surface area (Å²) in [4.78, 5) is 21.1. The van der Waals surface area contributed by atoms with Gasteiger partial charge in [-0.25, -0.2) is 4.98 Å². The van der Waals surface area contributed by atoms with Crippen molar-refractivity contribution in [3.05, 3.63) is 41.4 Å². The lowest BCUT2D eigenvalue weighted by Gasteiger charge is -2.24. The third-order valence-corrected chi connectivity index (χ3v) is 5.59. The Bertz CT molecular complexity index is 765. The number of amides is 1. The van der Waals surface area contributed by atoms with E-state index in [4.69, 9.17) is 5.26 Å². The van der Waals surface area contributed by atoms with Crippen molar-refractivity contribution in [3.8, 4) is 6.07 Å². The van der Waals surface area contributed by atoms with Gasteiger partial charge < -0.3 is 9.80 Å². The molecule has 0 saturated carbocycles. The number of hydrogen-bond donors (Lipinski definition) is 0. The summed E-state index contributed by atoms with van der Waals surface area (Å²) in [7, 11) is 0. The van der Waals surface area contributed by atoms with E-state index in [-0.39, 0.29) is 11.3 Å². The highest BCUT2D eigenvalue weighted by molar-refractivity contribution is 7.13. The van der Waals surface area contributed by atoms with Crippen LogP contribution in [0.3, 0.4) is 0 Å². The van der Waals surface area contributed by atoms with Gasteiger partial charge in [0.05, 0.1) is 11.6 Å². The molecule has 1 amide bonds. The second kappa shape index (κ2) is 5.36. The quantitative estimate of drug-likeness (QED) is 0.852. The number of nitriles is 1. The zero-order chi connectivity index (χ0) is 15.9. The summed E-state index contributed by atoms with van der Waals surface area (Å²) in [5, 5.41) is 11.9. The first-order chi connectivity index (χ1) is 11.2. The number of nitrogens with zero attached hydrogens (tertiary/aromatic N) is 4. The molecule has 2 aliphatic heterocycles. The van der Waals surface area contributed by atoms with E-state index in [9.17, 15) is 4.79 Å². The van der Waals surface area contributed by atoms with E-state index in [0.29, 0.717) is 12.0 Å². The Morgan fingerprint density at radius 1 is 1.26 bits per heavy atom. The minimum atomic E-state index is 0.0245. The molecule has 0 bridgehead atoms. The predicted molar refractivity (Wildman–Crippen MR) is 89.5 cm³/mol. The Morgan fingerprint density at radius 3 is 2.78 bits per heavy atom. The van der Waals surface area contributed by atoms with Gasteiger partial charge in [0, 0.05) is 48.7 Å². The Balaban J connectivity index is 1.53. The molecule has 0 aliphatic carbocycles. The lowest BCUT2D eigenvalue weighted by molar-refractivity contribution is -0.117. The summed E-state index contributed by atoms with van der Waals surface area (Å²) in [5.41, 5.74) is 1.53. The Morgan fingerprint density at radius 2 is 2.09 bits per heavy atom. The highest BCUT2D eigenvalue weighted by atomic mass is 32.1. The fourth-order valence-electron chi connectivity index (χ4n) is 3.59. The zero-order valence-electron chi connectivity index (χ0n) is 12.6. The van der Waals surface area contributed by atoms with E-state index in [1.807, 2.05) is 28.6 Å². The number of thiazole rings is 1. The molecule has 1 aromatic heterocycles. The second-order valence-corrected chi connectivity index (χ2v) is 7.17. The summed E-state index contributed by atoms with van der Waals surface area (Å²) < 4.78 is 0. The van der Waals surface area contributed by atoms with E-state index >= 15 is 0 Å². The van der Waals surface area contributed by atoms with Crippen LogP contribution < -0.4 is 9.80 Å². The standard InChI is InChI=1S/C17H16N4OS/c18-10-13-1-3-14(4-2-13)21-12-17(9-15(21)22)5-7-20(11-17)16-19-6-8-23-16/h1-4,6,8H,5,7,9,11-12H2/t17-/m0/s1. The van der Waals surface area contributed by atoms with Crippen molar-refractivity contribution in [1.82, 2.24) is 4.98 Å². The van der Waals surface area contributed by atoms with Crippen LogP contribution in [0.4, 0.5) is 10.8 Å². The number of rotatable bonds is 2. The largest absolute Gasteiger partial charge is 0.347 e. The Hall–Kier alpha value is -2.39. The number of benzene rings is 1. The van der Waals surface area contributed by atoms with Gasteiger partial charge in [0.1, 0.15) is 0 Å². The molecule has 0 N–H and O–H groups in total. The van der Waals surface area contributed by atoms with E-state index in [0.717, 1.165) is 36.9 Å². The van der Waals surface area contributed by atoms with Crippen LogP contribution in [-0.2, 0) is 4.79 Å². The minimum absolute atomic E-state index is 0.0245. The van der Waals surface area contributed by atoms with Gasteiger partial charge in [-0.3, -0.25) is 4.79 Å². The molecule has 2 fully saturated rings. The van der Waals surface area contributed by atoms with Gasteiger partial charge in [0.25, 0.3) is 0 Å². The minimum Gasteiger partial charge on any atom is -0.347 e. The van der Waals surface area contributed by atoms with Crippen molar-refractivity contribution >= 4 is 28.1 Å². The molecule has 6 heteroatoms. The third kappa shape index (κ3) is 2.47. The molecule has 1 aromatic carbocycles. The molecular formula is C17H16N4OS. The van der Waals surface area contributed by atoms with Crippen molar-refractivity contribution in [1.29, 1.82) is 5.26 Å². The van der Waals surface area contributed by atoms with Crippen LogP contribution in [0.1, 0.15) is 18.4 Å². The predicted octanol–water partition coefficient (Wildman–Crippen LogP) is 2.65. The van der Waals surface area contributed by atoms with Gasteiger partial charge in [-0.1, -0.05) is 0 Å².